The Kier molecular flexibility index (Phi) is 6.33. The van der Waals surface area contributed by atoms with Crippen LogP contribution in [0.1, 0.15) is 12.8 Å². The quantitative estimate of drug-likeness (QED) is 0.930. The number of hydrogen-bond acceptors (Lipinski definition) is 4. The van der Waals surface area contributed by atoms with E-state index in [-0.39, 0.29) is 30.4 Å². The summed E-state index contributed by atoms with van der Waals surface area (Å²) >= 11 is 0. The molecule has 0 saturated carbocycles. The van der Waals surface area contributed by atoms with Gasteiger partial charge >= 0.3 is 0 Å². The van der Waals surface area contributed by atoms with E-state index in [1.807, 2.05) is 24.3 Å². The molecule has 2 N–H and O–H groups in total. The molecular formula is C17H20ClFN2O2. The maximum atomic E-state index is 12.9. The van der Waals surface area contributed by atoms with Gasteiger partial charge in [0.05, 0.1) is 11.9 Å². The molecule has 1 aromatic heterocycles. The van der Waals surface area contributed by atoms with Crippen LogP contribution in [0.3, 0.4) is 0 Å². The molecule has 124 valence electrons. The minimum Gasteiger partial charge on any atom is -0.491 e. The number of benzene rings is 1. The molecule has 1 saturated heterocycles. The third kappa shape index (κ3) is 4.64. The zero-order chi connectivity index (χ0) is 15.4. The number of rotatable bonds is 4. The van der Waals surface area contributed by atoms with Gasteiger partial charge in [0.25, 0.3) is 0 Å². The molecule has 2 atom stereocenters. The van der Waals surface area contributed by atoms with Crippen LogP contribution in [0.4, 0.5) is 4.39 Å². The first-order valence-electron chi connectivity index (χ1n) is 7.44. The summed E-state index contributed by atoms with van der Waals surface area (Å²) < 4.78 is 24.2. The standard InChI is InChI=1S/C17H19FN2O2.ClH/c18-13-5-8-16(20-10-13)12-3-6-14(7-4-12)22-11-17-15(19)2-1-9-21-17;/h3-8,10,15,17H,1-2,9,11,19H2;1H/t15-,17+;/m0./s1. The predicted octanol–water partition coefficient (Wildman–Crippen LogP) is 3.19. The Balaban J connectivity index is 0.00000192. The summed E-state index contributed by atoms with van der Waals surface area (Å²) in [6.45, 7) is 1.20. The summed E-state index contributed by atoms with van der Waals surface area (Å²) in [7, 11) is 0. The summed E-state index contributed by atoms with van der Waals surface area (Å²) in [6.07, 6.45) is 3.15. The van der Waals surface area contributed by atoms with Crippen molar-refractivity contribution >= 4 is 12.4 Å². The van der Waals surface area contributed by atoms with E-state index in [2.05, 4.69) is 4.98 Å². The molecule has 23 heavy (non-hydrogen) atoms. The van der Waals surface area contributed by atoms with Gasteiger partial charge in [-0.15, -0.1) is 12.4 Å². The van der Waals surface area contributed by atoms with Crippen molar-refractivity contribution in [2.45, 2.75) is 25.0 Å². The lowest BCUT2D eigenvalue weighted by molar-refractivity contribution is -0.0239. The monoisotopic (exact) mass is 338 g/mol. The minimum absolute atomic E-state index is 0. The fourth-order valence-electron chi connectivity index (χ4n) is 2.48. The van der Waals surface area contributed by atoms with Crippen LogP contribution in [0, 0.1) is 5.82 Å². The normalized spacial score (nSPS) is 20.6. The van der Waals surface area contributed by atoms with Crippen molar-refractivity contribution in [2.24, 2.45) is 5.73 Å². The van der Waals surface area contributed by atoms with E-state index >= 15 is 0 Å². The Hall–Kier alpha value is -1.69. The van der Waals surface area contributed by atoms with Crippen LogP contribution in [-0.2, 0) is 4.74 Å². The molecule has 2 aromatic rings. The van der Waals surface area contributed by atoms with Gasteiger partial charge in [0.1, 0.15) is 24.3 Å². The highest BCUT2D eigenvalue weighted by molar-refractivity contribution is 5.85. The third-order valence-corrected chi connectivity index (χ3v) is 3.78. The van der Waals surface area contributed by atoms with Crippen molar-refractivity contribution in [1.82, 2.24) is 4.98 Å². The van der Waals surface area contributed by atoms with Gasteiger partial charge in [0.15, 0.2) is 0 Å². The number of nitrogens with zero attached hydrogens (tertiary/aromatic N) is 1. The largest absolute Gasteiger partial charge is 0.491 e. The Morgan fingerprint density at radius 2 is 2.00 bits per heavy atom. The molecule has 6 heteroatoms. The molecular weight excluding hydrogens is 319 g/mol. The molecule has 1 aromatic carbocycles. The van der Waals surface area contributed by atoms with Gasteiger partial charge in [0, 0.05) is 18.2 Å². The van der Waals surface area contributed by atoms with Crippen LogP contribution >= 0.6 is 12.4 Å². The van der Waals surface area contributed by atoms with Gasteiger partial charge in [-0.1, -0.05) is 0 Å². The van der Waals surface area contributed by atoms with Crippen LogP contribution in [-0.4, -0.2) is 30.3 Å². The summed E-state index contributed by atoms with van der Waals surface area (Å²) in [6, 6.07) is 10.6. The number of halogens is 2. The van der Waals surface area contributed by atoms with Gasteiger partial charge in [-0.2, -0.15) is 0 Å². The smallest absolute Gasteiger partial charge is 0.141 e. The lowest BCUT2D eigenvalue weighted by Gasteiger charge is -2.28. The highest BCUT2D eigenvalue weighted by Crippen LogP contribution is 2.21. The molecule has 1 aliphatic rings. The lowest BCUT2D eigenvalue weighted by atomic mass is 10.0. The first-order valence-corrected chi connectivity index (χ1v) is 7.44. The van der Waals surface area contributed by atoms with Crippen molar-refractivity contribution < 1.29 is 13.9 Å². The highest BCUT2D eigenvalue weighted by Gasteiger charge is 2.23. The fraction of sp³-hybridized carbons (Fsp3) is 0.353. The number of pyridine rings is 1. The molecule has 0 aliphatic carbocycles. The SMILES string of the molecule is Cl.N[C@H]1CCCO[C@@H]1COc1ccc(-c2ccc(F)cn2)cc1. The number of aromatic nitrogens is 1. The summed E-state index contributed by atoms with van der Waals surface area (Å²) in [5.74, 6) is 0.416. The van der Waals surface area contributed by atoms with Crippen molar-refractivity contribution in [3.05, 3.63) is 48.4 Å². The van der Waals surface area contributed by atoms with E-state index in [0.29, 0.717) is 6.61 Å². The average molecular weight is 339 g/mol. The summed E-state index contributed by atoms with van der Waals surface area (Å²) in [5.41, 5.74) is 7.65. The molecule has 0 bridgehead atoms. The zero-order valence-electron chi connectivity index (χ0n) is 12.7. The summed E-state index contributed by atoms with van der Waals surface area (Å²) in [4.78, 5) is 4.06. The molecule has 0 spiro atoms. The maximum absolute atomic E-state index is 12.9. The molecule has 3 rings (SSSR count). The number of ether oxygens (including phenoxy) is 2. The topological polar surface area (TPSA) is 57.4 Å². The second-order valence-corrected chi connectivity index (χ2v) is 5.41. The number of nitrogens with two attached hydrogens (primary N) is 1. The second kappa shape index (κ2) is 8.24. The molecule has 1 aliphatic heterocycles. The Morgan fingerprint density at radius 1 is 1.22 bits per heavy atom. The van der Waals surface area contributed by atoms with E-state index in [1.54, 1.807) is 6.07 Å². The van der Waals surface area contributed by atoms with E-state index in [1.165, 1.54) is 12.3 Å². The van der Waals surface area contributed by atoms with Crippen LogP contribution in [0.2, 0.25) is 0 Å². The van der Waals surface area contributed by atoms with Gasteiger partial charge in [-0.3, -0.25) is 4.98 Å². The Morgan fingerprint density at radius 3 is 2.65 bits per heavy atom. The molecule has 4 nitrogen and oxygen atoms in total. The van der Waals surface area contributed by atoms with Crippen LogP contribution in [0.5, 0.6) is 5.75 Å². The highest BCUT2D eigenvalue weighted by atomic mass is 35.5. The first kappa shape index (κ1) is 17.7. The van der Waals surface area contributed by atoms with Crippen molar-refractivity contribution in [3.8, 4) is 17.0 Å². The Bertz CT molecular complexity index is 607. The van der Waals surface area contributed by atoms with Gasteiger partial charge in [-0.25, -0.2) is 4.39 Å². The third-order valence-electron chi connectivity index (χ3n) is 3.78. The predicted molar refractivity (Wildman–Crippen MR) is 89.3 cm³/mol. The molecule has 1 fully saturated rings. The second-order valence-electron chi connectivity index (χ2n) is 5.41. The van der Waals surface area contributed by atoms with E-state index in [4.69, 9.17) is 15.2 Å². The first-order chi connectivity index (χ1) is 10.7. The average Bonchev–Trinajstić information content (AvgIpc) is 2.55. The van der Waals surface area contributed by atoms with E-state index in [0.717, 1.165) is 36.5 Å². The van der Waals surface area contributed by atoms with E-state index in [9.17, 15) is 4.39 Å². The van der Waals surface area contributed by atoms with Crippen LogP contribution < -0.4 is 10.5 Å². The van der Waals surface area contributed by atoms with E-state index < -0.39 is 0 Å². The van der Waals surface area contributed by atoms with Crippen LogP contribution in [0.15, 0.2) is 42.6 Å². The lowest BCUT2D eigenvalue weighted by Crippen LogP contribution is -2.44. The minimum atomic E-state index is -0.340. The zero-order valence-corrected chi connectivity index (χ0v) is 13.5. The maximum Gasteiger partial charge on any atom is 0.141 e. The van der Waals surface area contributed by atoms with Crippen LogP contribution in [0.25, 0.3) is 11.3 Å². The van der Waals surface area contributed by atoms with Crippen molar-refractivity contribution in [2.75, 3.05) is 13.2 Å². The van der Waals surface area contributed by atoms with Gasteiger partial charge in [-0.05, 0) is 49.2 Å². The summed E-state index contributed by atoms with van der Waals surface area (Å²) in [5, 5.41) is 0. The van der Waals surface area contributed by atoms with Gasteiger partial charge < -0.3 is 15.2 Å². The van der Waals surface area contributed by atoms with Crippen molar-refractivity contribution in [1.29, 1.82) is 0 Å². The molecule has 0 unspecified atom stereocenters. The molecule has 2 heterocycles. The van der Waals surface area contributed by atoms with Gasteiger partial charge in [0.2, 0.25) is 0 Å². The number of hydrogen-bond donors (Lipinski definition) is 1. The molecule has 0 amide bonds. The Labute approximate surface area is 141 Å². The van der Waals surface area contributed by atoms with Crippen molar-refractivity contribution in [3.63, 3.8) is 0 Å². The fourth-order valence-corrected chi connectivity index (χ4v) is 2.48. The molecule has 0 radical (unpaired) electrons.